The van der Waals surface area contributed by atoms with Crippen molar-refractivity contribution < 1.29 is 4.57 Å². The van der Waals surface area contributed by atoms with Gasteiger partial charge in [-0.25, -0.2) is 14.3 Å². The van der Waals surface area contributed by atoms with Gasteiger partial charge in [-0.15, -0.1) is 5.10 Å². The number of nitrogens with zero attached hydrogens (tertiary/aromatic N) is 12. The molecule has 0 unspecified atom stereocenters. The number of pyridine rings is 3. The molecule has 1 aromatic carbocycles. The van der Waals surface area contributed by atoms with Crippen LogP contribution in [0.1, 0.15) is 75.0 Å². The van der Waals surface area contributed by atoms with E-state index < -0.39 is 0 Å². The summed E-state index contributed by atoms with van der Waals surface area (Å²) in [5.74, 6) is 1.65. The summed E-state index contributed by atoms with van der Waals surface area (Å²) in [6, 6.07) is 23.7. The Hall–Kier alpha value is -7.49. The van der Waals surface area contributed by atoms with Crippen LogP contribution in [0, 0.1) is 16.7 Å². The van der Waals surface area contributed by atoms with Gasteiger partial charge in [0.2, 0.25) is 5.69 Å². The van der Waals surface area contributed by atoms with Crippen molar-refractivity contribution in [3.05, 3.63) is 158 Å². The van der Waals surface area contributed by atoms with Gasteiger partial charge in [-0.2, -0.15) is 9.67 Å². The third-order valence-corrected chi connectivity index (χ3v) is 15.4. The highest BCUT2D eigenvalue weighted by Gasteiger charge is 2.49. The Morgan fingerprint density at radius 1 is 0.743 bits per heavy atom. The van der Waals surface area contributed by atoms with E-state index in [0.29, 0.717) is 29.7 Å². The first-order valence-electron chi connectivity index (χ1n) is 24.8. The summed E-state index contributed by atoms with van der Waals surface area (Å²) in [7, 11) is 0. The van der Waals surface area contributed by atoms with Gasteiger partial charge in [-0.05, 0) is 128 Å². The zero-order valence-corrected chi connectivity index (χ0v) is 39.8. The molecule has 4 aliphatic rings. The maximum Gasteiger partial charge on any atom is 0.228 e. The lowest BCUT2D eigenvalue weighted by atomic mass is 9.70. The Kier molecular flexibility index (Phi) is 10.5. The molecule has 15 heteroatoms. The Morgan fingerprint density at radius 3 is 2.46 bits per heavy atom. The van der Waals surface area contributed by atoms with Gasteiger partial charge in [-0.3, -0.25) is 14.9 Å². The Morgan fingerprint density at radius 2 is 1.59 bits per heavy atom. The number of hydrogen-bond donors (Lipinski definition) is 3. The van der Waals surface area contributed by atoms with Crippen LogP contribution >= 0.6 is 0 Å². The third-order valence-electron chi connectivity index (χ3n) is 15.4. The smallest absolute Gasteiger partial charge is 0.228 e. The summed E-state index contributed by atoms with van der Waals surface area (Å²) in [5, 5.41) is 20.1. The first-order chi connectivity index (χ1) is 34.2. The highest BCUT2D eigenvalue weighted by molar-refractivity contribution is 5.81. The minimum absolute atomic E-state index is 0.447. The molecule has 3 N–H and O–H groups in total. The fourth-order valence-corrected chi connectivity index (χ4v) is 11.3. The fraction of sp³-hybridized carbons (Fsp3) is 0.327. The van der Waals surface area contributed by atoms with Crippen LogP contribution in [0.2, 0.25) is 0 Å². The zero-order valence-electron chi connectivity index (χ0n) is 39.8. The van der Waals surface area contributed by atoms with Crippen molar-refractivity contribution in [2.24, 2.45) is 16.7 Å². The predicted molar refractivity (Wildman–Crippen MR) is 269 cm³/mol. The van der Waals surface area contributed by atoms with E-state index in [1.807, 2.05) is 65.0 Å². The minimum Gasteiger partial charge on any atom is -0.357 e. The summed E-state index contributed by atoms with van der Waals surface area (Å²) in [5.41, 5.74) is 13.2. The van der Waals surface area contributed by atoms with E-state index in [1.165, 1.54) is 60.9 Å². The Bertz CT molecular complexity index is 3470. The number of hydrogen-bond acceptors (Lipinski definition) is 8. The largest absolute Gasteiger partial charge is 0.357 e. The Labute approximate surface area is 406 Å². The quantitative estimate of drug-likeness (QED) is 0.0865. The molecule has 10 aromatic rings. The molecular weight excluding hydrogens is 871 g/mol. The van der Waals surface area contributed by atoms with Crippen molar-refractivity contribution in [1.82, 2.24) is 69.0 Å². The molecule has 10 heterocycles. The van der Waals surface area contributed by atoms with Crippen molar-refractivity contribution in [2.45, 2.75) is 78.6 Å². The lowest BCUT2D eigenvalue weighted by Gasteiger charge is -2.38. The molecule has 9 aromatic heterocycles. The SMILES string of the molecule is CC1(C)CCN(Cc2cc3ccc(Cn4cnc(-c5cc(-n6cccc6)c[n+](-c6ccn(-c7cncc(-c8cn(Cc9cc%10[nH]c(CNCC%11%12CCC(C%11)C%12)cc%10cn9)nn8)c7)c6)c5)n4)cc3[nH]2)CC1. The van der Waals surface area contributed by atoms with Crippen LogP contribution in [0.3, 0.4) is 0 Å². The van der Waals surface area contributed by atoms with Crippen molar-refractivity contribution in [3.63, 3.8) is 0 Å². The number of aromatic nitrogens is 13. The lowest BCUT2D eigenvalue weighted by Crippen LogP contribution is -2.38. The van der Waals surface area contributed by atoms with Crippen LogP contribution in [0.5, 0.6) is 0 Å². The molecule has 3 saturated carbocycles. The van der Waals surface area contributed by atoms with Crippen LogP contribution < -0.4 is 9.88 Å². The predicted octanol–water partition coefficient (Wildman–Crippen LogP) is 8.81. The van der Waals surface area contributed by atoms with Gasteiger partial charge in [0.25, 0.3) is 0 Å². The van der Waals surface area contributed by atoms with E-state index >= 15 is 0 Å². The van der Waals surface area contributed by atoms with E-state index in [-0.39, 0.29) is 0 Å². The molecule has 0 spiro atoms. The molecule has 0 amide bonds. The number of nitrogens with one attached hydrogen (secondary N) is 3. The molecule has 14 rings (SSSR count). The van der Waals surface area contributed by atoms with Gasteiger partial charge < -0.3 is 24.4 Å². The molecule has 2 bridgehead atoms. The molecule has 3 aliphatic carbocycles. The second-order valence-corrected chi connectivity index (χ2v) is 21.2. The summed E-state index contributed by atoms with van der Waals surface area (Å²) in [4.78, 5) is 24.1. The maximum absolute atomic E-state index is 4.99. The van der Waals surface area contributed by atoms with Crippen molar-refractivity contribution >= 4 is 21.8 Å². The van der Waals surface area contributed by atoms with Gasteiger partial charge in [0, 0.05) is 90.1 Å². The summed E-state index contributed by atoms with van der Waals surface area (Å²) >= 11 is 0. The second kappa shape index (κ2) is 17.2. The van der Waals surface area contributed by atoms with E-state index in [4.69, 9.17) is 15.1 Å². The fourth-order valence-electron chi connectivity index (χ4n) is 11.3. The number of H-pyrrole nitrogens is 2. The van der Waals surface area contributed by atoms with Crippen molar-refractivity contribution in [3.8, 4) is 39.7 Å². The minimum atomic E-state index is 0.447. The van der Waals surface area contributed by atoms with Gasteiger partial charge in [0.05, 0.1) is 48.6 Å². The third kappa shape index (κ3) is 8.64. The molecule has 352 valence electrons. The van der Waals surface area contributed by atoms with E-state index in [1.54, 1.807) is 0 Å². The van der Waals surface area contributed by atoms with Crippen LogP contribution in [-0.4, -0.2) is 83.4 Å². The number of piperidine rings is 1. The summed E-state index contributed by atoms with van der Waals surface area (Å²) < 4.78 is 10.1. The van der Waals surface area contributed by atoms with Gasteiger partial charge in [-0.1, -0.05) is 31.2 Å². The number of fused-ring (bicyclic) bond motifs is 3. The average molecular weight is 929 g/mol. The topological polar surface area (TPSA) is 148 Å². The van der Waals surface area contributed by atoms with Crippen LogP contribution in [-0.2, 0) is 26.2 Å². The van der Waals surface area contributed by atoms with Crippen molar-refractivity contribution in [2.75, 3.05) is 19.6 Å². The van der Waals surface area contributed by atoms with Gasteiger partial charge in [0.1, 0.15) is 17.7 Å². The zero-order chi connectivity index (χ0) is 46.8. The molecule has 0 atom stereocenters. The first kappa shape index (κ1) is 42.6. The maximum atomic E-state index is 4.99. The molecule has 0 radical (unpaired) electrons. The van der Waals surface area contributed by atoms with Gasteiger partial charge in [0.15, 0.2) is 18.2 Å². The highest BCUT2D eigenvalue weighted by Crippen LogP contribution is 2.58. The summed E-state index contributed by atoms with van der Waals surface area (Å²) in [6.45, 7) is 11.1. The first-order valence-corrected chi connectivity index (χ1v) is 24.8. The normalized spacial score (nSPS) is 18.9. The standard InChI is InChI=1S/C55H58N15/c1-54(2)10-15-65(16-11-54)31-46-18-40-6-5-38(17-50(40)61-46)29-70-37-59-53(63-70)43-21-49(66-12-3-4-13-66)34-68(30-43)47-8-14-67(33-47)48-20-42(25-56-28-48)52-35-69(64-62-52)32-45-22-51-41(26-58-45)19-44(60-51)27-57-36-55-9-7-39(23-55)24-55/h3-6,8,12-14,17-22,25-26,28,30,33-35,37,39,57,60-61H,7,9-11,15-16,23-24,27,29,31-32,36H2,1-2H3/q+1. The molecule has 15 nitrogen and oxygen atoms in total. The van der Waals surface area contributed by atoms with Crippen molar-refractivity contribution in [1.29, 1.82) is 0 Å². The van der Waals surface area contributed by atoms with E-state index in [9.17, 15) is 0 Å². The van der Waals surface area contributed by atoms with E-state index in [2.05, 4.69) is 142 Å². The molecule has 4 fully saturated rings. The number of rotatable bonds is 15. The molecular formula is C55H58N15+. The molecule has 70 heavy (non-hydrogen) atoms. The number of aromatic amines is 2. The summed E-state index contributed by atoms with van der Waals surface area (Å²) in [6.07, 6.45) is 30.0. The molecule has 1 aliphatic heterocycles. The monoisotopic (exact) mass is 928 g/mol. The lowest BCUT2D eigenvalue weighted by molar-refractivity contribution is -0.594. The van der Waals surface area contributed by atoms with Gasteiger partial charge >= 0.3 is 0 Å². The van der Waals surface area contributed by atoms with Crippen LogP contribution in [0.15, 0.2) is 135 Å². The Balaban J connectivity index is 0.691. The van der Waals surface area contributed by atoms with E-state index in [0.717, 1.165) is 94.6 Å². The molecule has 1 saturated heterocycles. The average Bonchev–Trinajstić information content (AvgIpc) is 4.22. The number of likely N-dealkylation sites (tertiary alicyclic amines) is 1. The second-order valence-electron chi connectivity index (χ2n) is 21.2. The highest BCUT2D eigenvalue weighted by atomic mass is 15.4. The van der Waals surface area contributed by atoms with Crippen LogP contribution in [0.4, 0.5) is 0 Å². The number of benzene rings is 1. The van der Waals surface area contributed by atoms with Crippen LogP contribution in [0.25, 0.3) is 61.5 Å².